The van der Waals surface area contributed by atoms with Gasteiger partial charge in [-0.1, -0.05) is 51.9 Å². The molecule has 0 saturated heterocycles. The molecule has 0 spiro atoms. The molecule has 0 unspecified atom stereocenters. The number of hydrogen-bond donors (Lipinski definition) is 2. The van der Waals surface area contributed by atoms with Gasteiger partial charge in [0, 0.05) is 23.9 Å². The second-order valence-electron chi connectivity index (χ2n) is 7.84. The number of sulfonamides is 1. The minimum Gasteiger partial charge on any atom is -0.326 e. The van der Waals surface area contributed by atoms with Crippen LogP contribution in [0.25, 0.3) is 0 Å². The summed E-state index contributed by atoms with van der Waals surface area (Å²) in [5, 5.41) is 2.83. The Hall–Kier alpha value is -2.48. The Morgan fingerprint density at radius 3 is 2.13 bits per heavy atom. The van der Waals surface area contributed by atoms with Crippen molar-refractivity contribution in [2.45, 2.75) is 83.5 Å². The number of amides is 1. The fourth-order valence-corrected chi connectivity index (χ4v) is 4.32. The second kappa shape index (κ2) is 12.4. The topological polar surface area (TPSA) is 101 Å². The first-order valence-electron chi connectivity index (χ1n) is 11.0. The lowest BCUT2D eigenvalue weighted by atomic mass is 10.1. The molecule has 0 fully saturated rings. The maximum absolute atomic E-state index is 12.6. The van der Waals surface area contributed by atoms with Gasteiger partial charge in [-0.2, -0.15) is 0 Å². The predicted molar refractivity (Wildman–Crippen MR) is 125 cm³/mol. The lowest BCUT2D eigenvalue weighted by molar-refractivity contribution is -0.116. The molecule has 8 heteroatoms. The van der Waals surface area contributed by atoms with E-state index >= 15 is 0 Å². The van der Waals surface area contributed by atoms with Crippen molar-refractivity contribution in [1.29, 1.82) is 0 Å². The lowest BCUT2D eigenvalue weighted by Gasteiger charge is -2.10. The van der Waals surface area contributed by atoms with E-state index in [1.165, 1.54) is 50.7 Å². The van der Waals surface area contributed by atoms with Crippen LogP contribution in [0.5, 0.6) is 0 Å². The molecule has 31 heavy (non-hydrogen) atoms. The summed E-state index contributed by atoms with van der Waals surface area (Å²) in [7, 11) is -3.77. The molecule has 2 aromatic rings. The SMILES string of the molecule is CCCCCCCCCCC(=O)Nc1ccc(S(=O)(=O)Nc2cc(C)nc(C)n2)cc1. The van der Waals surface area contributed by atoms with Gasteiger partial charge in [0.05, 0.1) is 4.90 Å². The third kappa shape index (κ3) is 9.04. The van der Waals surface area contributed by atoms with Crippen molar-refractivity contribution in [2.24, 2.45) is 0 Å². The molecular weight excluding hydrogens is 412 g/mol. The van der Waals surface area contributed by atoms with E-state index in [1.54, 1.807) is 32.0 Å². The molecule has 0 radical (unpaired) electrons. The van der Waals surface area contributed by atoms with Gasteiger partial charge in [-0.05, 0) is 44.5 Å². The largest absolute Gasteiger partial charge is 0.326 e. The van der Waals surface area contributed by atoms with Crippen LogP contribution in [0.2, 0.25) is 0 Å². The predicted octanol–water partition coefficient (Wildman–Crippen LogP) is 5.36. The Morgan fingerprint density at radius 1 is 0.903 bits per heavy atom. The summed E-state index contributed by atoms with van der Waals surface area (Å²) in [5.41, 5.74) is 1.26. The molecule has 170 valence electrons. The lowest BCUT2D eigenvalue weighted by Crippen LogP contribution is -2.15. The zero-order chi connectivity index (χ0) is 22.7. The Kier molecular flexibility index (Phi) is 9.91. The van der Waals surface area contributed by atoms with Gasteiger partial charge in [0.25, 0.3) is 10.0 Å². The van der Waals surface area contributed by atoms with E-state index in [2.05, 4.69) is 26.9 Å². The zero-order valence-electron chi connectivity index (χ0n) is 18.8. The van der Waals surface area contributed by atoms with Crippen molar-refractivity contribution in [1.82, 2.24) is 9.97 Å². The number of aromatic nitrogens is 2. The Morgan fingerprint density at radius 2 is 1.52 bits per heavy atom. The van der Waals surface area contributed by atoms with Gasteiger partial charge in [-0.3, -0.25) is 9.52 Å². The Balaban J connectivity index is 1.79. The highest BCUT2D eigenvalue weighted by Gasteiger charge is 2.15. The van der Waals surface area contributed by atoms with Crippen LogP contribution >= 0.6 is 0 Å². The van der Waals surface area contributed by atoms with Crippen LogP contribution in [-0.2, 0) is 14.8 Å². The molecule has 0 atom stereocenters. The van der Waals surface area contributed by atoms with Crippen LogP contribution in [-0.4, -0.2) is 24.3 Å². The minimum atomic E-state index is -3.77. The van der Waals surface area contributed by atoms with E-state index in [9.17, 15) is 13.2 Å². The van der Waals surface area contributed by atoms with E-state index in [4.69, 9.17) is 0 Å². The molecule has 7 nitrogen and oxygen atoms in total. The number of aryl methyl sites for hydroxylation is 2. The smallest absolute Gasteiger partial charge is 0.263 e. The molecule has 0 aliphatic heterocycles. The van der Waals surface area contributed by atoms with Gasteiger partial charge < -0.3 is 5.32 Å². The number of nitrogens with zero attached hydrogens (tertiary/aromatic N) is 2. The summed E-state index contributed by atoms with van der Waals surface area (Å²) < 4.78 is 27.6. The summed E-state index contributed by atoms with van der Waals surface area (Å²) in [6.45, 7) is 5.69. The number of anilines is 2. The van der Waals surface area contributed by atoms with Gasteiger partial charge >= 0.3 is 0 Å². The first-order chi connectivity index (χ1) is 14.8. The van der Waals surface area contributed by atoms with Crippen LogP contribution in [0.1, 0.15) is 76.2 Å². The van der Waals surface area contributed by atoms with Gasteiger partial charge in [0.15, 0.2) is 0 Å². The fourth-order valence-electron chi connectivity index (χ4n) is 3.33. The highest BCUT2D eigenvalue weighted by atomic mass is 32.2. The van der Waals surface area contributed by atoms with Crippen LogP contribution < -0.4 is 10.0 Å². The van der Waals surface area contributed by atoms with Crippen molar-refractivity contribution in [3.05, 3.63) is 41.9 Å². The third-order valence-corrected chi connectivity index (χ3v) is 6.28. The average Bonchev–Trinajstić information content (AvgIpc) is 2.69. The number of benzene rings is 1. The van der Waals surface area contributed by atoms with Gasteiger partial charge in [-0.25, -0.2) is 18.4 Å². The van der Waals surface area contributed by atoms with Crippen LogP contribution in [0.3, 0.4) is 0 Å². The van der Waals surface area contributed by atoms with Crippen molar-refractivity contribution in [3.63, 3.8) is 0 Å². The number of rotatable bonds is 13. The van der Waals surface area contributed by atoms with E-state index < -0.39 is 10.0 Å². The number of carbonyl (C=O) groups is 1. The van der Waals surface area contributed by atoms with E-state index in [1.807, 2.05) is 0 Å². The van der Waals surface area contributed by atoms with Crippen LogP contribution in [0.15, 0.2) is 35.2 Å². The summed E-state index contributed by atoms with van der Waals surface area (Å²) >= 11 is 0. The standard InChI is InChI=1S/C23H34N4O3S/c1-4-5-6-7-8-9-10-11-12-23(28)26-20-13-15-21(16-14-20)31(29,30)27-22-17-18(2)24-19(3)25-22/h13-17H,4-12H2,1-3H3,(H,26,28)(H,24,25,27). The van der Waals surface area contributed by atoms with E-state index in [-0.39, 0.29) is 16.6 Å². The highest BCUT2D eigenvalue weighted by Crippen LogP contribution is 2.18. The number of carbonyl (C=O) groups excluding carboxylic acids is 1. The third-order valence-electron chi connectivity index (χ3n) is 4.91. The molecule has 0 bridgehead atoms. The molecule has 0 aliphatic rings. The minimum absolute atomic E-state index is 0.0494. The second-order valence-corrected chi connectivity index (χ2v) is 9.53. The molecule has 0 aliphatic carbocycles. The molecular formula is C23H34N4O3S. The van der Waals surface area contributed by atoms with Crippen molar-refractivity contribution in [2.75, 3.05) is 10.0 Å². The number of hydrogen-bond acceptors (Lipinski definition) is 5. The summed E-state index contributed by atoms with van der Waals surface area (Å²) in [6.07, 6.45) is 9.95. The van der Waals surface area contributed by atoms with E-state index in [0.717, 1.165) is 12.8 Å². The van der Waals surface area contributed by atoms with Crippen molar-refractivity contribution < 1.29 is 13.2 Å². The van der Waals surface area contributed by atoms with Gasteiger partial charge in [0.1, 0.15) is 11.6 Å². The summed E-state index contributed by atoms with van der Waals surface area (Å²) in [4.78, 5) is 20.5. The van der Waals surface area contributed by atoms with Crippen molar-refractivity contribution in [3.8, 4) is 0 Å². The summed E-state index contributed by atoms with van der Waals surface area (Å²) in [5.74, 6) is 0.673. The quantitative estimate of drug-likeness (QED) is 0.403. The number of unbranched alkanes of at least 4 members (excludes halogenated alkanes) is 7. The molecule has 1 amide bonds. The van der Waals surface area contributed by atoms with E-state index in [0.29, 0.717) is 23.6 Å². The number of nitrogens with one attached hydrogen (secondary N) is 2. The maximum atomic E-state index is 12.6. The molecule has 2 N–H and O–H groups in total. The Bertz CT molecular complexity index is 924. The molecule has 1 heterocycles. The highest BCUT2D eigenvalue weighted by molar-refractivity contribution is 7.92. The maximum Gasteiger partial charge on any atom is 0.263 e. The Labute approximate surface area is 186 Å². The van der Waals surface area contributed by atoms with Crippen LogP contribution in [0.4, 0.5) is 11.5 Å². The van der Waals surface area contributed by atoms with Gasteiger partial charge in [-0.15, -0.1) is 0 Å². The first kappa shape index (κ1) is 24.8. The monoisotopic (exact) mass is 446 g/mol. The van der Waals surface area contributed by atoms with Crippen molar-refractivity contribution >= 4 is 27.4 Å². The van der Waals surface area contributed by atoms with Crippen LogP contribution in [0, 0.1) is 13.8 Å². The molecule has 0 saturated carbocycles. The molecule has 1 aromatic carbocycles. The fraction of sp³-hybridized carbons (Fsp3) is 0.522. The summed E-state index contributed by atoms with van der Waals surface area (Å²) in [6, 6.07) is 7.70. The average molecular weight is 447 g/mol. The zero-order valence-corrected chi connectivity index (χ0v) is 19.6. The molecule has 1 aromatic heterocycles. The first-order valence-corrected chi connectivity index (χ1v) is 12.5. The van der Waals surface area contributed by atoms with Gasteiger partial charge in [0.2, 0.25) is 5.91 Å². The normalized spacial score (nSPS) is 11.3. The molecule has 2 rings (SSSR count).